The number of nitrogens with one attached hydrogen (secondary N) is 3. The standard InChI is InChI=1S/C37H44N4O9/c1-22-16-31(24-10-13-38-14-11-24)50-37(45)35(22)36(44)41-15-12-28-27(20-41)40-34(43)21-48-32-17-23(4-8-29(32)46-2)5-9-33(42)39-19-25-6-7-26(49-28)18-30(25)47-3/h4,6-8,16-18,24,27-28,38H,5,9-15,19-21H2,1-3H3,(H,39,42)(H,40,43)/t27-,28+/m1/s1. The highest BCUT2D eigenvalue weighted by Gasteiger charge is 2.36. The van der Waals surface area contributed by atoms with E-state index >= 15 is 0 Å². The fourth-order valence-electron chi connectivity index (χ4n) is 6.79. The molecule has 13 heteroatoms. The van der Waals surface area contributed by atoms with E-state index < -0.39 is 29.6 Å². The van der Waals surface area contributed by atoms with Crippen LogP contribution in [0.2, 0.25) is 0 Å². The predicted molar refractivity (Wildman–Crippen MR) is 183 cm³/mol. The second-order valence-corrected chi connectivity index (χ2v) is 12.9. The monoisotopic (exact) mass is 688 g/mol. The molecule has 0 spiro atoms. The van der Waals surface area contributed by atoms with E-state index in [9.17, 15) is 19.2 Å². The van der Waals surface area contributed by atoms with Crippen molar-refractivity contribution in [1.29, 1.82) is 0 Å². The minimum Gasteiger partial charge on any atom is -0.496 e. The van der Waals surface area contributed by atoms with Gasteiger partial charge in [-0.2, -0.15) is 0 Å². The zero-order valence-corrected chi connectivity index (χ0v) is 28.7. The lowest BCUT2D eigenvalue weighted by Crippen LogP contribution is -2.59. The minimum atomic E-state index is -0.653. The molecule has 266 valence electrons. The molecule has 3 aromatic rings. The molecule has 4 aliphatic rings. The second kappa shape index (κ2) is 15.7. The molecule has 7 rings (SSSR count). The van der Waals surface area contributed by atoms with E-state index in [2.05, 4.69) is 16.0 Å². The topological polar surface area (TPSA) is 158 Å². The molecule has 4 bridgehead atoms. The van der Waals surface area contributed by atoms with Gasteiger partial charge in [-0.1, -0.05) is 6.07 Å². The van der Waals surface area contributed by atoms with Gasteiger partial charge in [0.25, 0.3) is 11.8 Å². The second-order valence-electron chi connectivity index (χ2n) is 12.9. The molecule has 13 nitrogen and oxygen atoms in total. The van der Waals surface area contributed by atoms with Crippen molar-refractivity contribution in [3.05, 3.63) is 80.9 Å². The molecule has 2 fully saturated rings. The van der Waals surface area contributed by atoms with Gasteiger partial charge in [-0.15, -0.1) is 0 Å². The number of amides is 3. The van der Waals surface area contributed by atoms with Crippen LogP contribution in [0, 0.1) is 6.92 Å². The van der Waals surface area contributed by atoms with Crippen LogP contribution in [-0.2, 0) is 22.6 Å². The van der Waals surface area contributed by atoms with E-state index in [-0.39, 0.29) is 50.1 Å². The Morgan fingerprint density at radius 3 is 2.48 bits per heavy atom. The van der Waals surface area contributed by atoms with Crippen LogP contribution in [0.15, 0.2) is 51.7 Å². The minimum absolute atomic E-state index is 0.00721. The summed E-state index contributed by atoms with van der Waals surface area (Å²) in [6.45, 7) is 3.76. The highest BCUT2D eigenvalue weighted by molar-refractivity contribution is 5.95. The first-order valence-corrected chi connectivity index (χ1v) is 17.1. The normalized spacial score (nSPS) is 20.5. The number of rotatable bonds is 4. The first-order chi connectivity index (χ1) is 24.2. The van der Waals surface area contributed by atoms with E-state index in [1.54, 1.807) is 43.2 Å². The van der Waals surface area contributed by atoms with Crippen molar-refractivity contribution in [2.75, 3.05) is 47.0 Å². The first-order valence-electron chi connectivity index (χ1n) is 17.1. The van der Waals surface area contributed by atoms with Gasteiger partial charge < -0.3 is 44.2 Å². The number of piperidine rings is 2. The summed E-state index contributed by atoms with van der Waals surface area (Å²) in [5, 5.41) is 9.26. The summed E-state index contributed by atoms with van der Waals surface area (Å²) in [6.07, 6.45) is 2.26. The molecule has 0 saturated carbocycles. The molecule has 0 aliphatic carbocycles. The molecule has 2 atom stereocenters. The lowest BCUT2D eigenvalue weighted by atomic mass is 9.93. The molecular formula is C37H44N4O9. The molecule has 3 amide bonds. The largest absolute Gasteiger partial charge is 0.496 e. The highest BCUT2D eigenvalue weighted by Crippen LogP contribution is 2.31. The van der Waals surface area contributed by atoms with Crippen molar-refractivity contribution in [2.24, 2.45) is 0 Å². The smallest absolute Gasteiger partial charge is 0.349 e. The van der Waals surface area contributed by atoms with Crippen molar-refractivity contribution in [3.8, 4) is 23.0 Å². The van der Waals surface area contributed by atoms with Gasteiger partial charge in [0.15, 0.2) is 18.1 Å². The number of likely N-dealkylation sites (tertiary alicyclic amines) is 1. The van der Waals surface area contributed by atoms with Crippen molar-refractivity contribution in [1.82, 2.24) is 20.9 Å². The number of aryl methyl sites for hydroxylation is 2. The van der Waals surface area contributed by atoms with E-state index in [4.69, 9.17) is 23.4 Å². The first kappa shape index (κ1) is 34.8. The molecule has 50 heavy (non-hydrogen) atoms. The van der Waals surface area contributed by atoms with E-state index in [1.165, 1.54) is 7.11 Å². The van der Waals surface area contributed by atoms with Crippen molar-refractivity contribution in [3.63, 3.8) is 0 Å². The molecule has 3 N–H and O–H groups in total. The van der Waals surface area contributed by atoms with Crippen molar-refractivity contribution < 1.29 is 37.7 Å². The Hall–Kier alpha value is -5.04. The lowest BCUT2D eigenvalue weighted by Gasteiger charge is -2.39. The molecular weight excluding hydrogens is 644 g/mol. The maximum absolute atomic E-state index is 13.9. The van der Waals surface area contributed by atoms with Gasteiger partial charge in [-0.05, 0) is 80.7 Å². The number of nitrogens with zero attached hydrogens (tertiary/aromatic N) is 1. The van der Waals surface area contributed by atoms with E-state index in [0.717, 1.165) is 37.1 Å². The molecule has 1 aromatic heterocycles. The van der Waals surface area contributed by atoms with Crippen LogP contribution in [-0.4, -0.2) is 81.8 Å². The summed E-state index contributed by atoms with van der Waals surface area (Å²) in [4.78, 5) is 54.8. The summed E-state index contributed by atoms with van der Waals surface area (Å²) < 4.78 is 29.1. The molecule has 5 heterocycles. The summed E-state index contributed by atoms with van der Waals surface area (Å²) in [5.41, 5.74) is 1.52. The van der Waals surface area contributed by atoms with Gasteiger partial charge in [0.2, 0.25) is 5.91 Å². The van der Waals surface area contributed by atoms with Crippen LogP contribution in [0.5, 0.6) is 23.0 Å². The van der Waals surface area contributed by atoms with Crippen LogP contribution >= 0.6 is 0 Å². The summed E-state index contributed by atoms with van der Waals surface area (Å²) in [5.74, 6) is 1.57. The Kier molecular flexibility index (Phi) is 10.9. The number of fused-ring (bicyclic) bond motifs is 9. The van der Waals surface area contributed by atoms with Gasteiger partial charge in [0.1, 0.15) is 28.9 Å². The number of ether oxygens (including phenoxy) is 4. The molecule has 0 unspecified atom stereocenters. The third kappa shape index (κ3) is 8.05. The Morgan fingerprint density at radius 2 is 1.72 bits per heavy atom. The molecule has 2 aromatic carbocycles. The SMILES string of the molecule is COc1cc2ccc1CNC(=O)CCc1ccc(OC)c(c1)OCC(=O)N[C@@H]1CN(C(=O)c3c(C)cc(C4CCNCC4)oc3=O)CC[C@@H]1O2. The zero-order valence-electron chi connectivity index (χ0n) is 28.7. The number of carbonyl (C=O) groups excluding carboxylic acids is 3. The number of methoxy groups -OCH3 is 2. The molecule has 2 saturated heterocycles. The molecule has 0 radical (unpaired) electrons. The van der Waals surface area contributed by atoms with Gasteiger partial charge in [-0.25, -0.2) is 4.79 Å². The van der Waals surface area contributed by atoms with Crippen LogP contribution in [0.4, 0.5) is 0 Å². The van der Waals surface area contributed by atoms with E-state index in [1.807, 2.05) is 18.2 Å². The fourth-order valence-corrected chi connectivity index (χ4v) is 6.79. The van der Waals surface area contributed by atoms with E-state index in [0.29, 0.717) is 47.2 Å². The van der Waals surface area contributed by atoms with Gasteiger partial charge in [-0.3, -0.25) is 14.4 Å². The Bertz CT molecular complexity index is 1780. The zero-order chi connectivity index (χ0) is 35.2. The van der Waals surface area contributed by atoms with Crippen LogP contribution in [0.1, 0.15) is 64.4 Å². The van der Waals surface area contributed by atoms with Crippen molar-refractivity contribution >= 4 is 17.7 Å². The third-order valence-corrected chi connectivity index (χ3v) is 9.56. The Balaban J connectivity index is 1.26. The predicted octanol–water partition coefficient (Wildman–Crippen LogP) is 2.85. The highest BCUT2D eigenvalue weighted by atomic mass is 16.5. The number of carbonyl (C=O) groups is 3. The summed E-state index contributed by atoms with van der Waals surface area (Å²) >= 11 is 0. The van der Waals surface area contributed by atoms with Crippen LogP contribution < -0.4 is 40.5 Å². The Morgan fingerprint density at radius 1 is 0.920 bits per heavy atom. The Labute approximate surface area is 290 Å². The maximum atomic E-state index is 13.9. The quantitative estimate of drug-likeness (QED) is 0.373. The average Bonchev–Trinajstić information content (AvgIpc) is 3.12. The third-order valence-electron chi connectivity index (χ3n) is 9.56. The summed E-state index contributed by atoms with van der Waals surface area (Å²) in [6, 6.07) is 11.9. The average molecular weight is 689 g/mol. The summed E-state index contributed by atoms with van der Waals surface area (Å²) in [7, 11) is 3.06. The lowest BCUT2D eigenvalue weighted by molar-refractivity contribution is -0.125. The fraction of sp³-hybridized carbons (Fsp3) is 0.459. The van der Waals surface area contributed by atoms with Crippen LogP contribution in [0.3, 0.4) is 0 Å². The van der Waals surface area contributed by atoms with Gasteiger partial charge >= 0.3 is 5.63 Å². The van der Waals surface area contributed by atoms with Crippen LogP contribution in [0.25, 0.3) is 0 Å². The van der Waals surface area contributed by atoms with Gasteiger partial charge in [0.05, 0.1) is 20.3 Å². The van der Waals surface area contributed by atoms with Crippen molar-refractivity contribution in [2.45, 2.75) is 63.6 Å². The number of hydrogen-bond acceptors (Lipinski definition) is 10. The number of benzene rings is 2. The maximum Gasteiger partial charge on any atom is 0.349 e. The number of hydrogen-bond donors (Lipinski definition) is 3. The van der Waals surface area contributed by atoms with Gasteiger partial charge in [0, 0.05) is 50.0 Å². The molecule has 4 aliphatic heterocycles.